The molecule has 0 spiro atoms. The van der Waals surface area contributed by atoms with Gasteiger partial charge in [-0.15, -0.1) is 0 Å². The van der Waals surface area contributed by atoms with E-state index in [1.807, 2.05) is 6.92 Å². The molecule has 0 aromatic heterocycles. The zero-order valence-corrected chi connectivity index (χ0v) is 12.4. The van der Waals surface area contributed by atoms with E-state index >= 15 is 0 Å². The van der Waals surface area contributed by atoms with Gasteiger partial charge in [-0.25, -0.2) is 13.1 Å². The smallest absolute Gasteiger partial charge is 0.304 e. The summed E-state index contributed by atoms with van der Waals surface area (Å²) in [4.78, 5) is 21.6. The van der Waals surface area contributed by atoms with Gasteiger partial charge in [0.05, 0.1) is 11.3 Å². The van der Waals surface area contributed by atoms with E-state index in [1.54, 1.807) is 0 Å². The monoisotopic (exact) mass is 314 g/mol. The lowest BCUT2D eigenvalue weighted by Gasteiger charge is -2.16. The lowest BCUT2D eigenvalue weighted by molar-refractivity contribution is -0.137. The number of hydrogen-bond acceptors (Lipinski definition) is 4. The van der Waals surface area contributed by atoms with Crippen molar-refractivity contribution >= 4 is 21.9 Å². The molecule has 1 aromatic carbocycles. The lowest BCUT2D eigenvalue weighted by atomic mass is 10.1. The van der Waals surface area contributed by atoms with Crippen LogP contribution in [0.15, 0.2) is 29.2 Å². The van der Waals surface area contributed by atoms with Gasteiger partial charge in [0.15, 0.2) is 0 Å². The van der Waals surface area contributed by atoms with Crippen molar-refractivity contribution in [1.29, 1.82) is 0 Å². The molecular formula is C13H18N2O5S. The first-order valence-corrected chi connectivity index (χ1v) is 7.88. The van der Waals surface area contributed by atoms with E-state index < -0.39 is 27.9 Å². The molecule has 1 aromatic rings. The Kier molecular flexibility index (Phi) is 5.86. The van der Waals surface area contributed by atoms with Crippen molar-refractivity contribution in [2.45, 2.75) is 37.1 Å². The third kappa shape index (κ3) is 5.16. The standard InChI is InChI=1S/C13H18N2O5S/c1-2-3-10(8-12(16)17)15-21(19,20)11-6-4-9(5-7-11)13(14)18/h4-7,10,15H,2-3,8H2,1H3,(H2,14,18)(H,16,17). The lowest BCUT2D eigenvalue weighted by Crippen LogP contribution is -2.36. The zero-order chi connectivity index (χ0) is 16.0. The number of carbonyl (C=O) groups is 2. The Hall–Kier alpha value is -1.93. The molecule has 1 rings (SSSR count). The highest BCUT2D eigenvalue weighted by Gasteiger charge is 2.21. The van der Waals surface area contributed by atoms with Crippen LogP contribution in [-0.4, -0.2) is 31.4 Å². The first-order chi connectivity index (χ1) is 9.76. The third-order valence-corrected chi connectivity index (χ3v) is 4.37. The zero-order valence-electron chi connectivity index (χ0n) is 11.6. The van der Waals surface area contributed by atoms with Crippen molar-refractivity contribution in [3.8, 4) is 0 Å². The summed E-state index contributed by atoms with van der Waals surface area (Å²) in [5, 5.41) is 8.79. The van der Waals surface area contributed by atoms with Crippen LogP contribution >= 0.6 is 0 Å². The second-order valence-corrected chi connectivity index (χ2v) is 6.31. The molecule has 1 atom stereocenters. The largest absolute Gasteiger partial charge is 0.481 e. The topological polar surface area (TPSA) is 127 Å². The van der Waals surface area contributed by atoms with Gasteiger partial charge in [0.2, 0.25) is 15.9 Å². The van der Waals surface area contributed by atoms with Gasteiger partial charge in [0.25, 0.3) is 0 Å². The highest BCUT2D eigenvalue weighted by molar-refractivity contribution is 7.89. The second kappa shape index (κ2) is 7.19. The van der Waals surface area contributed by atoms with E-state index in [1.165, 1.54) is 24.3 Å². The summed E-state index contributed by atoms with van der Waals surface area (Å²) < 4.78 is 26.7. The van der Waals surface area contributed by atoms with Gasteiger partial charge in [-0.2, -0.15) is 0 Å². The third-order valence-electron chi connectivity index (χ3n) is 2.83. The van der Waals surface area contributed by atoms with Crippen LogP contribution in [0, 0.1) is 0 Å². The summed E-state index contributed by atoms with van der Waals surface area (Å²) in [5.74, 6) is -1.72. The van der Waals surface area contributed by atoms with Crippen LogP contribution in [0.1, 0.15) is 36.5 Å². The van der Waals surface area contributed by atoms with E-state index in [0.717, 1.165) is 0 Å². The average Bonchev–Trinajstić information content (AvgIpc) is 2.37. The van der Waals surface area contributed by atoms with Gasteiger partial charge in [-0.1, -0.05) is 13.3 Å². The number of carbonyl (C=O) groups excluding carboxylic acids is 1. The molecule has 0 saturated carbocycles. The number of benzene rings is 1. The normalized spacial score (nSPS) is 12.8. The number of carboxylic acid groups (broad SMARTS) is 1. The van der Waals surface area contributed by atoms with Crippen molar-refractivity contribution < 1.29 is 23.1 Å². The number of nitrogens with one attached hydrogen (secondary N) is 1. The van der Waals surface area contributed by atoms with Crippen molar-refractivity contribution in [2.75, 3.05) is 0 Å². The molecular weight excluding hydrogens is 296 g/mol. The summed E-state index contributed by atoms with van der Waals surface area (Å²) in [7, 11) is -3.84. The predicted molar refractivity (Wildman–Crippen MR) is 76.2 cm³/mol. The molecule has 0 bridgehead atoms. The van der Waals surface area contributed by atoms with Crippen LogP contribution in [0.5, 0.6) is 0 Å². The van der Waals surface area contributed by atoms with Gasteiger partial charge in [-0.3, -0.25) is 9.59 Å². The van der Waals surface area contributed by atoms with Crippen molar-refractivity contribution in [3.63, 3.8) is 0 Å². The molecule has 21 heavy (non-hydrogen) atoms. The maximum Gasteiger partial charge on any atom is 0.304 e. The minimum Gasteiger partial charge on any atom is -0.481 e. The number of nitrogens with two attached hydrogens (primary N) is 1. The van der Waals surface area contributed by atoms with Crippen LogP contribution in [0.25, 0.3) is 0 Å². The number of aliphatic carboxylic acids is 1. The quantitative estimate of drug-likeness (QED) is 0.651. The Morgan fingerprint density at radius 1 is 1.29 bits per heavy atom. The summed E-state index contributed by atoms with van der Waals surface area (Å²) >= 11 is 0. The van der Waals surface area contributed by atoms with Crippen LogP contribution in [0.4, 0.5) is 0 Å². The van der Waals surface area contributed by atoms with Crippen molar-refractivity contribution in [2.24, 2.45) is 5.73 Å². The molecule has 0 saturated heterocycles. The summed E-state index contributed by atoms with van der Waals surface area (Å²) in [5.41, 5.74) is 5.28. The number of hydrogen-bond donors (Lipinski definition) is 3. The van der Waals surface area contributed by atoms with Gasteiger partial charge >= 0.3 is 5.97 Å². The van der Waals surface area contributed by atoms with Gasteiger partial charge in [-0.05, 0) is 30.7 Å². The maximum absolute atomic E-state index is 12.2. The van der Waals surface area contributed by atoms with E-state index in [2.05, 4.69) is 4.72 Å². The first-order valence-electron chi connectivity index (χ1n) is 6.40. The molecule has 0 aliphatic rings. The number of amides is 1. The first kappa shape index (κ1) is 17.1. The molecule has 0 aliphatic heterocycles. The Balaban J connectivity index is 2.92. The van der Waals surface area contributed by atoms with E-state index in [-0.39, 0.29) is 16.9 Å². The molecule has 1 amide bonds. The van der Waals surface area contributed by atoms with Crippen LogP contribution in [0.2, 0.25) is 0 Å². The Morgan fingerprint density at radius 2 is 1.86 bits per heavy atom. The Labute approximate surface area is 123 Å². The highest BCUT2D eigenvalue weighted by atomic mass is 32.2. The SMILES string of the molecule is CCCC(CC(=O)O)NS(=O)(=O)c1ccc(C(N)=O)cc1. The molecule has 0 fully saturated rings. The molecule has 7 nitrogen and oxygen atoms in total. The summed E-state index contributed by atoms with van der Waals surface area (Å²) in [6.07, 6.45) is 0.790. The van der Waals surface area contributed by atoms with Crippen molar-refractivity contribution in [3.05, 3.63) is 29.8 Å². The van der Waals surface area contributed by atoms with Gasteiger partial charge in [0.1, 0.15) is 0 Å². The van der Waals surface area contributed by atoms with E-state index in [4.69, 9.17) is 10.8 Å². The fourth-order valence-electron chi connectivity index (χ4n) is 1.85. The van der Waals surface area contributed by atoms with Gasteiger partial charge < -0.3 is 10.8 Å². The Bertz CT molecular complexity index is 610. The number of carboxylic acids is 1. The second-order valence-electron chi connectivity index (χ2n) is 4.59. The summed E-state index contributed by atoms with van der Waals surface area (Å²) in [6.45, 7) is 1.84. The molecule has 0 aliphatic carbocycles. The van der Waals surface area contributed by atoms with E-state index in [9.17, 15) is 18.0 Å². The maximum atomic E-state index is 12.2. The molecule has 116 valence electrons. The fourth-order valence-corrected chi connectivity index (χ4v) is 3.12. The number of primary amides is 1. The molecule has 4 N–H and O–H groups in total. The van der Waals surface area contributed by atoms with Crippen LogP contribution < -0.4 is 10.5 Å². The van der Waals surface area contributed by atoms with Crippen LogP contribution in [0.3, 0.4) is 0 Å². The fraction of sp³-hybridized carbons (Fsp3) is 0.385. The number of rotatable bonds is 8. The van der Waals surface area contributed by atoms with Gasteiger partial charge in [0, 0.05) is 11.6 Å². The van der Waals surface area contributed by atoms with Crippen LogP contribution in [-0.2, 0) is 14.8 Å². The Morgan fingerprint density at radius 3 is 2.29 bits per heavy atom. The molecule has 0 radical (unpaired) electrons. The minimum atomic E-state index is -3.84. The van der Waals surface area contributed by atoms with E-state index in [0.29, 0.717) is 12.8 Å². The molecule has 1 unspecified atom stereocenters. The van der Waals surface area contributed by atoms with Crippen molar-refractivity contribution in [1.82, 2.24) is 4.72 Å². The molecule has 8 heteroatoms. The average molecular weight is 314 g/mol. The number of sulfonamides is 1. The minimum absolute atomic E-state index is 0.0426. The molecule has 0 heterocycles. The highest BCUT2D eigenvalue weighted by Crippen LogP contribution is 2.13. The predicted octanol–water partition coefficient (Wildman–Crippen LogP) is 0.707. The summed E-state index contributed by atoms with van der Waals surface area (Å²) in [6, 6.07) is 4.46.